The van der Waals surface area contributed by atoms with Crippen molar-refractivity contribution in [3.63, 3.8) is 0 Å². The molecule has 0 aliphatic rings. The van der Waals surface area contributed by atoms with Gasteiger partial charge in [-0.3, -0.25) is 14.7 Å². The van der Waals surface area contributed by atoms with Crippen LogP contribution in [0.5, 0.6) is 5.88 Å². The Balaban J connectivity index is 3.46. The maximum Gasteiger partial charge on any atom is 0.386 e. The van der Waals surface area contributed by atoms with Gasteiger partial charge in [-0.2, -0.15) is 4.98 Å². The second-order valence-electron chi connectivity index (χ2n) is 3.15. The van der Waals surface area contributed by atoms with Gasteiger partial charge >= 0.3 is 13.3 Å². The Labute approximate surface area is 109 Å². The fourth-order valence-corrected chi connectivity index (χ4v) is 2.99. The summed E-state index contributed by atoms with van der Waals surface area (Å²) in [5, 5.41) is 11.1. The van der Waals surface area contributed by atoms with E-state index in [0.717, 1.165) is 6.33 Å². The van der Waals surface area contributed by atoms with Gasteiger partial charge in [0.1, 0.15) is 6.33 Å². The Morgan fingerprint density at radius 3 is 2.32 bits per heavy atom. The van der Waals surface area contributed by atoms with Crippen LogP contribution < -0.4 is 10.2 Å². The fourth-order valence-electron chi connectivity index (χ4n) is 1.36. The molecule has 0 saturated carbocycles. The molecule has 19 heavy (non-hydrogen) atoms. The van der Waals surface area contributed by atoms with Crippen molar-refractivity contribution in [3.05, 3.63) is 16.4 Å². The number of nitrogens with zero attached hydrogens (tertiary/aromatic N) is 3. The average Bonchev–Trinajstić information content (AvgIpc) is 2.38. The Morgan fingerprint density at radius 1 is 1.32 bits per heavy atom. The van der Waals surface area contributed by atoms with Crippen molar-refractivity contribution in [1.82, 2.24) is 9.97 Å². The van der Waals surface area contributed by atoms with Crippen LogP contribution in [0.2, 0.25) is 0 Å². The quantitative estimate of drug-likeness (QED) is 0.419. The lowest BCUT2D eigenvalue weighted by Gasteiger charge is -2.16. The normalized spacial score (nSPS) is 11.3. The van der Waals surface area contributed by atoms with E-state index in [1.807, 2.05) is 0 Å². The fraction of sp³-hybridized carbons (Fsp3) is 0.556. The van der Waals surface area contributed by atoms with Crippen LogP contribution in [-0.4, -0.2) is 35.2 Å². The zero-order valence-electron chi connectivity index (χ0n) is 10.7. The number of ether oxygens (including phenoxy) is 1. The molecule has 0 spiro atoms. The first-order valence-corrected chi connectivity index (χ1v) is 6.97. The second-order valence-corrected chi connectivity index (χ2v) is 5.08. The summed E-state index contributed by atoms with van der Waals surface area (Å²) in [5.41, 5.74) is -1.02. The van der Waals surface area contributed by atoms with Gasteiger partial charge in [0.15, 0.2) is 0 Å². The van der Waals surface area contributed by atoms with Crippen LogP contribution in [0.25, 0.3) is 0 Å². The standard InChI is InChI=1S/C9H14N3O6P/c1-4-17-19(15,18-5-2)9-7(12(13)14)8(16-3)10-6-11-9/h6H,4-5H2,1-3H3. The third-order valence-electron chi connectivity index (χ3n) is 2.00. The molecule has 1 aromatic rings. The highest BCUT2D eigenvalue weighted by molar-refractivity contribution is 7.62. The molecule has 0 atom stereocenters. The van der Waals surface area contributed by atoms with Crippen LogP contribution in [0.1, 0.15) is 13.8 Å². The minimum atomic E-state index is -3.88. The number of hydrogen-bond donors (Lipinski definition) is 0. The van der Waals surface area contributed by atoms with E-state index in [-0.39, 0.29) is 19.1 Å². The van der Waals surface area contributed by atoms with Gasteiger partial charge in [0.25, 0.3) is 5.88 Å². The van der Waals surface area contributed by atoms with Gasteiger partial charge in [0, 0.05) is 0 Å². The summed E-state index contributed by atoms with van der Waals surface area (Å²) >= 11 is 0. The van der Waals surface area contributed by atoms with E-state index < -0.39 is 23.6 Å². The molecule has 1 heterocycles. The maximum atomic E-state index is 12.5. The molecule has 0 saturated heterocycles. The monoisotopic (exact) mass is 291 g/mol. The molecule has 9 nitrogen and oxygen atoms in total. The van der Waals surface area contributed by atoms with Crippen LogP contribution in [0, 0.1) is 10.1 Å². The molecule has 106 valence electrons. The number of hydrogen-bond acceptors (Lipinski definition) is 8. The van der Waals surface area contributed by atoms with E-state index in [2.05, 4.69) is 9.97 Å². The largest absolute Gasteiger partial charge is 0.476 e. The number of aromatic nitrogens is 2. The summed E-state index contributed by atoms with van der Waals surface area (Å²) in [7, 11) is -2.66. The number of methoxy groups -OCH3 is 1. The Morgan fingerprint density at radius 2 is 1.89 bits per heavy atom. The number of nitro groups is 1. The van der Waals surface area contributed by atoms with Crippen LogP contribution >= 0.6 is 7.60 Å². The smallest absolute Gasteiger partial charge is 0.386 e. The second kappa shape index (κ2) is 6.55. The molecule has 0 aliphatic heterocycles. The van der Waals surface area contributed by atoms with Crippen LogP contribution in [0.4, 0.5) is 5.69 Å². The van der Waals surface area contributed by atoms with Crippen molar-refractivity contribution in [2.75, 3.05) is 20.3 Å². The molecule has 0 radical (unpaired) electrons. The van der Waals surface area contributed by atoms with E-state index >= 15 is 0 Å². The predicted molar refractivity (Wildman–Crippen MR) is 65.7 cm³/mol. The summed E-state index contributed by atoms with van der Waals surface area (Å²) in [6, 6.07) is 0. The first kappa shape index (κ1) is 15.5. The van der Waals surface area contributed by atoms with Crippen molar-refractivity contribution in [3.8, 4) is 5.88 Å². The van der Waals surface area contributed by atoms with E-state index in [9.17, 15) is 14.7 Å². The summed E-state index contributed by atoms with van der Waals surface area (Å²) in [6.45, 7) is 3.30. The van der Waals surface area contributed by atoms with Gasteiger partial charge in [0.05, 0.1) is 25.2 Å². The lowest BCUT2D eigenvalue weighted by atomic mass is 10.5. The number of rotatable bonds is 7. The van der Waals surface area contributed by atoms with Crippen LogP contribution in [0.15, 0.2) is 6.33 Å². The first-order valence-electron chi connectivity index (χ1n) is 5.43. The Bertz CT molecular complexity index is 499. The highest BCUT2D eigenvalue weighted by Crippen LogP contribution is 2.49. The average molecular weight is 291 g/mol. The van der Waals surface area contributed by atoms with E-state index in [0.29, 0.717) is 0 Å². The molecular formula is C9H14N3O6P. The predicted octanol–water partition coefficient (Wildman–Crippen LogP) is 1.28. The Kier molecular flexibility index (Phi) is 5.34. The van der Waals surface area contributed by atoms with Crippen molar-refractivity contribution >= 4 is 18.7 Å². The zero-order chi connectivity index (χ0) is 14.5. The zero-order valence-corrected chi connectivity index (χ0v) is 11.6. The molecule has 0 unspecified atom stereocenters. The van der Waals surface area contributed by atoms with Gasteiger partial charge in [0.2, 0.25) is 5.44 Å². The molecule has 1 aromatic heterocycles. The lowest BCUT2D eigenvalue weighted by molar-refractivity contribution is -0.385. The molecule has 0 bridgehead atoms. The third-order valence-corrected chi connectivity index (χ3v) is 4.05. The van der Waals surface area contributed by atoms with Gasteiger partial charge in [-0.25, -0.2) is 4.98 Å². The van der Waals surface area contributed by atoms with Crippen molar-refractivity contribution < 1.29 is 23.3 Å². The molecule has 0 fully saturated rings. The van der Waals surface area contributed by atoms with Crippen molar-refractivity contribution in [2.45, 2.75) is 13.8 Å². The van der Waals surface area contributed by atoms with Gasteiger partial charge < -0.3 is 13.8 Å². The Hall–Kier alpha value is -1.57. The van der Waals surface area contributed by atoms with Gasteiger partial charge in [-0.05, 0) is 13.8 Å². The van der Waals surface area contributed by atoms with Crippen LogP contribution in [-0.2, 0) is 13.6 Å². The molecule has 0 N–H and O–H groups in total. The van der Waals surface area contributed by atoms with Crippen LogP contribution in [0.3, 0.4) is 0 Å². The summed E-state index contributed by atoms with van der Waals surface area (Å²) in [6.07, 6.45) is 1.01. The van der Waals surface area contributed by atoms with E-state index in [1.54, 1.807) is 13.8 Å². The van der Waals surface area contributed by atoms with E-state index in [4.69, 9.17) is 13.8 Å². The maximum absolute atomic E-state index is 12.5. The van der Waals surface area contributed by atoms with E-state index in [1.165, 1.54) is 7.11 Å². The molecular weight excluding hydrogens is 277 g/mol. The topological polar surface area (TPSA) is 114 Å². The summed E-state index contributed by atoms with van der Waals surface area (Å²) < 4.78 is 27.3. The minimum absolute atomic E-state index is 0.0563. The van der Waals surface area contributed by atoms with Gasteiger partial charge in [-0.15, -0.1) is 0 Å². The molecule has 0 aromatic carbocycles. The summed E-state index contributed by atoms with van der Waals surface area (Å²) in [4.78, 5) is 17.6. The van der Waals surface area contributed by atoms with Gasteiger partial charge in [-0.1, -0.05) is 0 Å². The highest BCUT2D eigenvalue weighted by Gasteiger charge is 2.39. The lowest BCUT2D eigenvalue weighted by Crippen LogP contribution is -2.19. The molecule has 0 aliphatic carbocycles. The SMILES string of the molecule is CCOP(=O)(OCC)c1ncnc(OC)c1[N+](=O)[O-]. The summed E-state index contributed by atoms with van der Waals surface area (Å²) in [5.74, 6) is -0.297. The van der Waals surface area contributed by atoms with Crippen molar-refractivity contribution in [2.24, 2.45) is 0 Å². The highest BCUT2D eigenvalue weighted by atomic mass is 31.2. The molecule has 1 rings (SSSR count). The minimum Gasteiger partial charge on any atom is -0.476 e. The third kappa shape index (κ3) is 3.25. The van der Waals surface area contributed by atoms with Crippen molar-refractivity contribution in [1.29, 1.82) is 0 Å². The first-order chi connectivity index (χ1) is 9.00. The molecule has 10 heteroatoms. The molecule has 0 amide bonds.